The van der Waals surface area contributed by atoms with Crippen molar-refractivity contribution in [3.05, 3.63) is 20.8 Å². The molecule has 9 heteroatoms. The Balaban J connectivity index is 0.00000441. The van der Waals surface area contributed by atoms with Gasteiger partial charge in [-0.2, -0.15) is 0 Å². The predicted molar refractivity (Wildman–Crippen MR) is 109 cm³/mol. The minimum absolute atomic E-state index is 0. The standard InChI is InChI=1S/C13H22BrN3O2S2.HI/c1-10(7-9-21(3,18)19)17-13(15-2)16-8-6-11-4-5-12(14)20-11;/h4-5,10H,6-9H2,1-3H3,(H2,15,16,17);1H. The topological polar surface area (TPSA) is 70.6 Å². The van der Waals surface area contributed by atoms with Crippen molar-refractivity contribution in [1.29, 1.82) is 0 Å². The van der Waals surface area contributed by atoms with E-state index in [2.05, 4.69) is 37.6 Å². The number of aliphatic imine (C=N–C) groups is 1. The first-order chi connectivity index (χ1) is 9.80. The van der Waals surface area contributed by atoms with Crippen LogP contribution in [0.2, 0.25) is 0 Å². The molecule has 0 bridgehead atoms. The van der Waals surface area contributed by atoms with Gasteiger partial charge in [-0.3, -0.25) is 4.99 Å². The van der Waals surface area contributed by atoms with Crippen LogP contribution in [-0.4, -0.2) is 46.0 Å². The van der Waals surface area contributed by atoms with E-state index in [0.717, 1.165) is 16.8 Å². The maximum atomic E-state index is 11.1. The molecule has 0 spiro atoms. The SMILES string of the molecule is CN=C(NCCc1ccc(Br)s1)NC(C)CCS(C)(=O)=O.I. The van der Waals surface area contributed by atoms with Gasteiger partial charge in [-0.25, -0.2) is 8.42 Å². The van der Waals surface area contributed by atoms with E-state index in [4.69, 9.17) is 0 Å². The Hall–Kier alpha value is 0.130. The van der Waals surface area contributed by atoms with Crippen molar-refractivity contribution in [2.45, 2.75) is 25.8 Å². The molecule has 0 amide bonds. The highest BCUT2D eigenvalue weighted by atomic mass is 127. The average Bonchev–Trinajstić information content (AvgIpc) is 2.80. The third-order valence-corrected chi connectivity index (χ3v) is 5.48. The lowest BCUT2D eigenvalue weighted by Crippen LogP contribution is -2.43. The van der Waals surface area contributed by atoms with Crippen molar-refractivity contribution >= 4 is 67.0 Å². The highest BCUT2D eigenvalue weighted by Crippen LogP contribution is 2.21. The minimum Gasteiger partial charge on any atom is -0.356 e. The van der Waals surface area contributed by atoms with E-state index in [1.54, 1.807) is 18.4 Å². The molecule has 1 rings (SSSR count). The zero-order valence-electron chi connectivity index (χ0n) is 12.9. The van der Waals surface area contributed by atoms with Gasteiger partial charge in [0, 0.05) is 30.8 Å². The quantitative estimate of drug-likeness (QED) is 0.327. The van der Waals surface area contributed by atoms with Crippen molar-refractivity contribution in [2.24, 2.45) is 4.99 Å². The number of thiophene rings is 1. The number of nitrogens with one attached hydrogen (secondary N) is 2. The Kier molecular flexibility index (Phi) is 10.9. The van der Waals surface area contributed by atoms with Crippen LogP contribution in [-0.2, 0) is 16.3 Å². The second kappa shape index (κ2) is 10.8. The van der Waals surface area contributed by atoms with Gasteiger partial charge in [-0.05, 0) is 47.8 Å². The summed E-state index contributed by atoms with van der Waals surface area (Å²) in [6.07, 6.45) is 2.75. The molecule has 5 nitrogen and oxygen atoms in total. The summed E-state index contributed by atoms with van der Waals surface area (Å²) in [6, 6.07) is 4.20. The maximum absolute atomic E-state index is 11.1. The summed E-state index contributed by atoms with van der Waals surface area (Å²) >= 11 is 5.17. The molecule has 2 N–H and O–H groups in total. The minimum atomic E-state index is -2.92. The molecular weight excluding hydrogens is 501 g/mol. The van der Waals surface area contributed by atoms with Crippen LogP contribution in [0.4, 0.5) is 0 Å². The number of sulfone groups is 1. The Morgan fingerprint density at radius 1 is 1.45 bits per heavy atom. The van der Waals surface area contributed by atoms with Crippen LogP contribution >= 0.6 is 51.2 Å². The summed E-state index contributed by atoms with van der Waals surface area (Å²) in [5, 5.41) is 6.44. The van der Waals surface area contributed by atoms with E-state index in [-0.39, 0.29) is 35.8 Å². The number of guanidine groups is 1. The van der Waals surface area contributed by atoms with E-state index in [1.807, 2.05) is 13.0 Å². The first-order valence-corrected chi connectivity index (χ1v) is 10.4. The van der Waals surface area contributed by atoms with Crippen LogP contribution in [0.25, 0.3) is 0 Å². The zero-order valence-corrected chi connectivity index (χ0v) is 18.5. The lowest BCUT2D eigenvalue weighted by Gasteiger charge is -2.17. The van der Waals surface area contributed by atoms with Gasteiger partial charge in [0.1, 0.15) is 9.84 Å². The lowest BCUT2D eigenvalue weighted by molar-refractivity contribution is 0.581. The molecule has 1 unspecified atom stereocenters. The fourth-order valence-electron chi connectivity index (χ4n) is 1.68. The van der Waals surface area contributed by atoms with E-state index < -0.39 is 9.84 Å². The maximum Gasteiger partial charge on any atom is 0.191 e. The van der Waals surface area contributed by atoms with Crippen LogP contribution in [0, 0.1) is 0 Å². The first-order valence-electron chi connectivity index (χ1n) is 6.69. The molecule has 0 fully saturated rings. The fourth-order valence-corrected chi connectivity index (χ4v) is 3.95. The van der Waals surface area contributed by atoms with E-state index in [1.165, 1.54) is 11.1 Å². The summed E-state index contributed by atoms with van der Waals surface area (Å²) in [4.78, 5) is 5.45. The summed E-state index contributed by atoms with van der Waals surface area (Å²) in [6.45, 7) is 2.74. The van der Waals surface area contributed by atoms with E-state index in [9.17, 15) is 8.42 Å². The Morgan fingerprint density at radius 2 is 2.14 bits per heavy atom. The van der Waals surface area contributed by atoms with E-state index >= 15 is 0 Å². The van der Waals surface area contributed by atoms with Crippen LogP contribution in [0.1, 0.15) is 18.2 Å². The number of hydrogen-bond donors (Lipinski definition) is 2. The molecule has 0 aromatic carbocycles. The normalized spacial score (nSPS) is 13.4. The van der Waals surface area contributed by atoms with E-state index in [0.29, 0.717) is 12.4 Å². The number of hydrogen-bond acceptors (Lipinski definition) is 4. The van der Waals surface area contributed by atoms with Crippen LogP contribution < -0.4 is 10.6 Å². The number of nitrogens with zero attached hydrogens (tertiary/aromatic N) is 1. The molecule has 0 aliphatic carbocycles. The van der Waals surface area contributed by atoms with Crippen molar-refractivity contribution in [1.82, 2.24) is 10.6 Å². The molecule has 0 saturated carbocycles. The molecule has 1 aromatic rings. The Labute approximate surface area is 162 Å². The van der Waals surface area contributed by atoms with Gasteiger partial charge in [-0.15, -0.1) is 35.3 Å². The molecule has 0 radical (unpaired) electrons. The lowest BCUT2D eigenvalue weighted by atomic mass is 10.3. The Bertz CT molecular complexity index is 576. The van der Waals surface area contributed by atoms with Gasteiger partial charge < -0.3 is 10.6 Å². The van der Waals surface area contributed by atoms with Gasteiger partial charge in [0.2, 0.25) is 0 Å². The fraction of sp³-hybridized carbons (Fsp3) is 0.615. The second-order valence-electron chi connectivity index (χ2n) is 4.92. The van der Waals surface area contributed by atoms with Crippen molar-refractivity contribution in [3.63, 3.8) is 0 Å². The third kappa shape index (κ3) is 10.0. The summed E-state index contributed by atoms with van der Waals surface area (Å²) in [7, 11) is -1.21. The highest BCUT2D eigenvalue weighted by molar-refractivity contribution is 14.0. The molecular formula is C13H23BrIN3O2S2. The number of halogens is 2. The van der Waals surface area contributed by atoms with Gasteiger partial charge in [-0.1, -0.05) is 0 Å². The average molecular weight is 524 g/mol. The Morgan fingerprint density at radius 3 is 2.64 bits per heavy atom. The molecule has 128 valence electrons. The molecule has 0 saturated heterocycles. The van der Waals surface area contributed by atoms with Crippen molar-refractivity contribution in [2.75, 3.05) is 25.6 Å². The van der Waals surface area contributed by atoms with Crippen molar-refractivity contribution in [3.8, 4) is 0 Å². The van der Waals surface area contributed by atoms with Gasteiger partial charge >= 0.3 is 0 Å². The second-order valence-corrected chi connectivity index (χ2v) is 9.73. The molecule has 1 heterocycles. The van der Waals surface area contributed by atoms with Crippen LogP contribution in [0.5, 0.6) is 0 Å². The van der Waals surface area contributed by atoms with Gasteiger partial charge in [0.15, 0.2) is 5.96 Å². The first kappa shape index (κ1) is 22.1. The predicted octanol–water partition coefficient (Wildman–Crippen LogP) is 2.66. The smallest absolute Gasteiger partial charge is 0.191 e. The van der Waals surface area contributed by atoms with Crippen LogP contribution in [0.3, 0.4) is 0 Å². The summed E-state index contributed by atoms with van der Waals surface area (Å²) in [5.74, 6) is 0.883. The molecule has 22 heavy (non-hydrogen) atoms. The monoisotopic (exact) mass is 523 g/mol. The molecule has 1 aromatic heterocycles. The highest BCUT2D eigenvalue weighted by Gasteiger charge is 2.09. The van der Waals surface area contributed by atoms with Crippen LogP contribution in [0.15, 0.2) is 20.9 Å². The summed E-state index contributed by atoms with van der Waals surface area (Å²) in [5.41, 5.74) is 0. The third-order valence-electron chi connectivity index (χ3n) is 2.82. The molecule has 1 atom stereocenters. The van der Waals surface area contributed by atoms with Gasteiger partial charge in [0.05, 0.1) is 9.54 Å². The molecule has 0 aliphatic rings. The van der Waals surface area contributed by atoms with Crippen molar-refractivity contribution < 1.29 is 8.42 Å². The largest absolute Gasteiger partial charge is 0.356 e. The number of rotatable bonds is 7. The molecule has 0 aliphatic heterocycles. The zero-order chi connectivity index (χ0) is 15.9. The van der Waals surface area contributed by atoms with Gasteiger partial charge in [0.25, 0.3) is 0 Å². The summed E-state index contributed by atoms with van der Waals surface area (Å²) < 4.78 is 23.4.